The van der Waals surface area contributed by atoms with E-state index in [1.165, 1.54) is 5.56 Å². The van der Waals surface area contributed by atoms with E-state index >= 15 is 0 Å². The van der Waals surface area contributed by atoms with Gasteiger partial charge in [-0.25, -0.2) is 9.97 Å². The molecule has 0 aromatic carbocycles. The molecule has 0 radical (unpaired) electrons. The maximum atomic E-state index is 6.01. The van der Waals surface area contributed by atoms with E-state index in [1.807, 2.05) is 30.6 Å². The van der Waals surface area contributed by atoms with Gasteiger partial charge in [0.25, 0.3) is 0 Å². The van der Waals surface area contributed by atoms with Crippen molar-refractivity contribution in [2.45, 2.75) is 13.1 Å². The Morgan fingerprint density at radius 1 is 1.00 bits per heavy atom. The summed E-state index contributed by atoms with van der Waals surface area (Å²) < 4.78 is 7.01. The monoisotopic (exact) mass is 390 g/mol. The summed E-state index contributed by atoms with van der Waals surface area (Å²) in [5, 5.41) is 4.46. The molecule has 0 spiro atoms. The summed E-state index contributed by atoms with van der Waals surface area (Å²) in [7, 11) is 0. The lowest BCUT2D eigenvalue weighted by molar-refractivity contribution is 0.122. The lowest BCUT2D eigenvalue weighted by Gasteiger charge is -2.34. The van der Waals surface area contributed by atoms with Crippen molar-refractivity contribution in [1.29, 1.82) is 0 Å². The molecule has 1 aliphatic rings. The van der Waals surface area contributed by atoms with Crippen LogP contribution in [0.2, 0.25) is 0 Å². The summed E-state index contributed by atoms with van der Waals surface area (Å²) in [6.45, 7) is 5.68. The molecule has 0 amide bonds. The highest BCUT2D eigenvalue weighted by Crippen LogP contribution is 2.21. The largest absolute Gasteiger partial charge is 0.461 e. The average Bonchev–Trinajstić information content (AvgIpc) is 3.43. The zero-order valence-corrected chi connectivity index (χ0v) is 16.0. The molecule has 1 saturated heterocycles. The first-order chi connectivity index (χ1) is 14.3. The molecule has 4 aromatic heterocycles. The van der Waals surface area contributed by atoms with Crippen LogP contribution < -0.4 is 5.73 Å². The summed E-state index contributed by atoms with van der Waals surface area (Å²) in [5.41, 5.74) is 8.99. The van der Waals surface area contributed by atoms with E-state index in [1.54, 1.807) is 17.0 Å². The number of piperazine rings is 1. The van der Waals surface area contributed by atoms with Crippen LogP contribution in [0.5, 0.6) is 0 Å². The third-order valence-corrected chi connectivity index (χ3v) is 5.19. The van der Waals surface area contributed by atoms with Gasteiger partial charge in [-0.2, -0.15) is 4.52 Å². The first-order valence-corrected chi connectivity index (χ1v) is 9.64. The minimum Gasteiger partial charge on any atom is -0.461 e. The predicted octanol–water partition coefficient (Wildman–Crippen LogP) is 1.68. The third kappa shape index (κ3) is 3.69. The van der Waals surface area contributed by atoms with Crippen molar-refractivity contribution in [3.05, 3.63) is 60.2 Å². The summed E-state index contributed by atoms with van der Waals surface area (Å²) in [4.78, 5) is 18.0. The number of nitrogens with two attached hydrogens (primary N) is 1. The van der Waals surface area contributed by atoms with E-state index < -0.39 is 0 Å². The number of fused-ring (bicyclic) bond motifs is 1. The first kappa shape index (κ1) is 17.8. The molecule has 0 atom stereocenters. The van der Waals surface area contributed by atoms with Crippen LogP contribution in [0, 0.1) is 0 Å². The fraction of sp³-hybridized carbons (Fsp3) is 0.300. The van der Waals surface area contributed by atoms with Crippen molar-refractivity contribution in [3.8, 4) is 11.6 Å². The van der Waals surface area contributed by atoms with Crippen LogP contribution in [-0.2, 0) is 13.1 Å². The number of nitrogen functional groups attached to an aromatic ring is 1. The second-order valence-corrected chi connectivity index (χ2v) is 7.20. The van der Waals surface area contributed by atoms with Crippen molar-refractivity contribution >= 4 is 11.6 Å². The van der Waals surface area contributed by atoms with Crippen molar-refractivity contribution in [3.63, 3.8) is 0 Å². The second kappa shape index (κ2) is 7.61. The number of furan rings is 1. The van der Waals surface area contributed by atoms with Gasteiger partial charge in [-0.1, -0.05) is 6.07 Å². The number of hydrogen-bond acceptors (Lipinski definition) is 8. The molecule has 0 unspecified atom stereocenters. The highest BCUT2D eigenvalue weighted by molar-refractivity contribution is 5.57. The number of nitrogens with zero attached hydrogens (tertiary/aromatic N) is 7. The van der Waals surface area contributed by atoms with Gasteiger partial charge in [-0.05, 0) is 23.8 Å². The van der Waals surface area contributed by atoms with Gasteiger partial charge < -0.3 is 10.2 Å². The molecule has 1 aliphatic heterocycles. The quantitative estimate of drug-likeness (QED) is 0.549. The molecule has 9 nitrogen and oxygen atoms in total. The summed E-state index contributed by atoms with van der Waals surface area (Å²) in [5.74, 6) is 1.44. The number of pyridine rings is 1. The van der Waals surface area contributed by atoms with E-state index in [-0.39, 0.29) is 0 Å². The van der Waals surface area contributed by atoms with Gasteiger partial charge in [-0.15, -0.1) is 5.10 Å². The molecule has 148 valence electrons. The van der Waals surface area contributed by atoms with Gasteiger partial charge in [0, 0.05) is 63.4 Å². The van der Waals surface area contributed by atoms with E-state index in [9.17, 15) is 0 Å². The average molecular weight is 390 g/mol. The van der Waals surface area contributed by atoms with Gasteiger partial charge in [0.1, 0.15) is 0 Å². The van der Waals surface area contributed by atoms with Crippen molar-refractivity contribution < 1.29 is 4.42 Å². The number of rotatable bonds is 5. The summed E-state index contributed by atoms with van der Waals surface area (Å²) in [6, 6.07) is 7.76. The molecule has 0 bridgehead atoms. The first-order valence-electron chi connectivity index (χ1n) is 9.64. The van der Waals surface area contributed by atoms with E-state index in [0.717, 1.165) is 50.5 Å². The topological polar surface area (TPSA) is 102 Å². The normalized spacial score (nSPS) is 15.9. The molecular weight excluding hydrogens is 368 g/mol. The van der Waals surface area contributed by atoms with Crippen LogP contribution in [0.3, 0.4) is 0 Å². The van der Waals surface area contributed by atoms with Gasteiger partial charge in [0.05, 0.1) is 6.26 Å². The Bertz CT molecular complexity index is 1080. The zero-order chi connectivity index (χ0) is 19.6. The third-order valence-electron chi connectivity index (χ3n) is 5.19. The van der Waals surface area contributed by atoms with Crippen LogP contribution >= 0.6 is 0 Å². The van der Waals surface area contributed by atoms with Crippen LogP contribution in [0.1, 0.15) is 11.1 Å². The molecule has 0 saturated carbocycles. The van der Waals surface area contributed by atoms with Crippen LogP contribution in [0.25, 0.3) is 17.2 Å². The Kier molecular flexibility index (Phi) is 4.66. The van der Waals surface area contributed by atoms with Crippen LogP contribution in [-0.4, -0.2) is 60.5 Å². The fourth-order valence-electron chi connectivity index (χ4n) is 3.65. The Balaban J connectivity index is 1.29. The Morgan fingerprint density at radius 2 is 1.83 bits per heavy atom. The molecule has 4 aromatic rings. The van der Waals surface area contributed by atoms with Gasteiger partial charge in [-0.3, -0.25) is 14.8 Å². The molecule has 5 rings (SSSR count). The number of aromatic nitrogens is 5. The smallest absolute Gasteiger partial charge is 0.223 e. The lowest BCUT2D eigenvalue weighted by atomic mass is 10.2. The van der Waals surface area contributed by atoms with Crippen molar-refractivity contribution in [2.24, 2.45) is 0 Å². The highest BCUT2D eigenvalue weighted by Gasteiger charge is 2.20. The van der Waals surface area contributed by atoms with Crippen LogP contribution in [0.4, 0.5) is 5.95 Å². The Labute approximate surface area is 167 Å². The number of anilines is 1. The SMILES string of the molecule is Nc1ncc(CN2CCN(Cc3cccnc3)CC2)c2nc(-c3ccco3)nn12. The molecule has 2 N–H and O–H groups in total. The summed E-state index contributed by atoms with van der Waals surface area (Å²) >= 11 is 0. The highest BCUT2D eigenvalue weighted by atomic mass is 16.3. The van der Waals surface area contributed by atoms with E-state index in [2.05, 4.69) is 35.9 Å². The molecule has 1 fully saturated rings. The minimum atomic E-state index is 0.315. The number of hydrogen-bond donors (Lipinski definition) is 1. The Morgan fingerprint density at radius 3 is 2.55 bits per heavy atom. The summed E-state index contributed by atoms with van der Waals surface area (Å²) in [6.07, 6.45) is 7.15. The molecular formula is C20H22N8O. The molecule has 9 heteroatoms. The van der Waals surface area contributed by atoms with E-state index in [4.69, 9.17) is 10.2 Å². The minimum absolute atomic E-state index is 0.315. The standard InChI is InChI=1S/C20H22N8O/c21-20-23-12-16(19-24-18(25-28(19)20)17-4-2-10-29-17)14-27-8-6-26(7-9-27)13-15-3-1-5-22-11-15/h1-5,10-12H,6-9,13-14H2,(H2,21,23). The fourth-order valence-corrected chi connectivity index (χ4v) is 3.65. The maximum absolute atomic E-state index is 6.01. The van der Waals surface area contributed by atoms with Crippen molar-refractivity contribution in [2.75, 3.05) is 31.9 Å². The van der Waals surface area contributed by atoms with Crippen LogP contribution in [0.15, 0.2) is 53.5 Å². The van der Waals surface area contributed by atoms with Crippen molar-refractivity contribution in [1.82, 2.24) is 34.4 Å². The van der Waals surface area contributed by atoms with E-state index in [0.29, 0.717) is 17.5 Å². The molecule has 0 aliphatic carbocycles. The van der Waals surface area contributed by atoms with Gasteiger partial charge in [0.2, 0.25) is 11.8 Å². The predicted molar refractivity (Wildman–Crippen MR) is 108 cm³/mol. The molecule has 5 heterocycles. The van der Waals surface area contributed by atoms with Gasteiger partial charge in [0.15, 0.2) is 11.4 Å². The molecule has 29 heavy (non-hydrogen) atoms. The zero-order valence-electron chi connectivity index (χ0n) is 16.0. The Hall–Kier alpha value is -3.30. The second-order valence-electron chi connectivity index (χ2n) is 7.20. The van der Waals surface area contributed by atoms with Gasteiger partial charge >= 0.3 is 0 Å². The maximum Gasteiger partial charge on any atom is 0.223 e. The lowest BCUT2D eigenvalue weighted by Crippen LogP contribution is -2.45.